The van der Waals surface area contributed by atoms with Crippen LogP contribution in [0.2, 0.25) is 0 Å². The third-order valence-electron chi connectivity index (χ3n) is 3.73. The van der Waals surface area contributed by atoms with E-state index in [1.54, 1.807) is 12.5 Å². The van der Waals surface area contributed by atoms with Crippen molar-refractivity contribution in [1.82, 2.24) is 14.9 Å². The number of hydrogen-bond donors (Lipinski definition) is 1. The first-order valence-corrected chi connectivity index (χ1v) is 5.95. The number of aromatic nitrogens is 2. The van der Waals surface area contributed by atoms with E-state index < -0.39 is 5.41 Å². The molecular weight excluding hydrogens is 218 g/mol. The Morgan fingerprint density at radius 1 is 1.41 bits per heavy atom. The number of aromatic amines is 1. The number of nitrogens with one attached hydrogen (secondary N) is 1. The summed E-state index contributed by atoms with van der Waals surface area (Å²) in [6.07, 6.45) is 4.96. The van der Waals surface area contributed by atoms with Gasteiger partial charge in [0.05, 0.1) is 24.0 Å². The van der Waals surface area contributed by atoms with Gasteiger partial charge in [0, 0.05) is 12.6 Å². The van der Waals surface area contributed by atoms with Crippen LogP contribution in [0.15, 0.2) is 12.5 Å². The highest BCUT2D eigenvalue weighted by molar-refractivity contribution is 6.05. The van der Waals surface area contributed by atoms with E-state index in [-0.39, 0.29) is 11.8 Å². The van der Waals surface area contributed by atoms with Crippen LogP contribution < -0.4 is 0 Å². The Kier molecular flexibility index (Phi) is 3.00. The van der Waals surface area contributed by atoms with Crippen molar-refractivity contribution >= 4 is 11.8 Å². The maximum Gasteiger partial charge on any atom is 0.236 e. The summed E-state index contributed by atoms with van der Waals surface area (Å²) >= 11 is 0. The summed E-state index contributed by atoms with van der Waals surface area (Å²) in [6.45, 7) is 4.24. The molecule has 0 atom stereocenters. The first-order chi connectivity index (χ1) is 8.13. The predicted octanol–water partition coefficient (Wildman–Crippen LogP) is 1.47. The van der Waals surface area contributed by atoms with E-state index in [9.17, 15) is 9.59 Å². The van der Waals surface area contributed by atoms with Crippen molar-refractivity contribution in [3.63, 3.8) is 0 Å². The highest BCUT2D eigenvalue weighted by Gasteiger charge is 2.48. The molecule has 0 unspecified atom stereocenters. The molecule has 1 aromatic heterocycles. The molecule has 0 radical (unpaired) electrons. The molecule has 92 valence electrons. The van der Waals surface area contributed by atoms with E-state index in [4.69, 9.17) is 0 Å². The smallest absolute Gasteiger partial charge is 0.236 e. The van der Waals surface area contributed by atoms with Crippen molar-refractivity contribution < 1.29 is 9.59 Å². The second-order valence-corrected chi connectivity index (χ2v) is 4.53. The fraction of sp³-hybridized carbons (Fsp3) is 0.583. The molecule has 1 aromatic rings. The largest absolute Gasteiger partial charge is 0.347 e. The molecule has 0 bridgehead atoms. The number of carbonyl (C=O) groups is 2. The zero-order valence-electron chi connectivity index (χ0n) is 10.2. The summed E-state index contributed by atoms with van der Waals surface area (Å²) < 4.78 is 0. The molecule has 0 aliphatic carbocycles. The van der Waals surface area contributed by atoms with E-state index in [1.165, 1.54) is 4.90 Å². The molecule has 1 aliphatic heterocycles. The van der Waals surface area contributed by atoms with Crippen molar-refractivity contribution in [2.45, 2.75) is 39.7 Å². The quantitative estimate of drug-likeness (QED) is 0.804. The Hall–Kier alpha value is -1.65. The fourth-order valence-corrected chi connectivity index (χ4v) is 2.36. The topological polar surface area (TPSA) is 66.1 Å². The van der Waals surface area contributed by atoms with Crippen LogP contribution in [0.25, 0.3) is 0 Å². The first-order valence-electron chi connectivity index (χ1n) is 5.95. The van der Waals surface area contributed by atoms with Gasteiger partial charge in [-0.15, -0.1) is 0 Å². The molecule has 0 saturated carbocycles. The van der Waals surface area contributed by atoms with Crippen molar-refractivity contribution in [2.75, 3.05) is 0 Å². The number of carbonyl (C=O) groups excluding carboxylic acids is 2. The van der Waals surface area contributed by atoms with Crippen LogP contribution in [0.3, 0.4) is 0 Å². The summed E-state index contributed by atoms with van der Waals surface area (Å²) in [6, 6.07) is 0. The number of H-pyrrole nitrogens is 1. The van der Waals surface area contributed by atoms with Gasteiger partial charge in [-0.25, -0.2) is 4.98 Å². The van der Waals surface area contributed by atoms with Gasteiger partial charge in [0.25, 0.3) is 0 Å². The van der Waals surface area contributed by atoms with Crippen molar-refractivity contribution in [3.05, 3.63) is 18.2 Å². The molecule has 2 heterocycles. The molecule has 1 saturated heterocycles. The van der Waals surface area contributed by atoms with E-state index in [1.807, 2.05) is 13.8 Å². The Bertz CT molecular complexity index is 421. The van der Waals surface area contributed by atoms with Gasteiger partial charge in [-0.3, -0.25) is 14.5 Å². The minimum Gasteiger partial charge on any atom is -0.347 e. The van der Waals surface area contributed by atoms with Crippen LogP contribution in [-0.4, -0.2) is 26.7 Å². The first kappa shape index (κ1) is 11.8. The van der Waals surface area contributed by atoms with Gasteiger partial charge in [-0.2, -0.15) is 0 Å². The molecule has 17 heavy (non-hydrogen) atoms. The number of nitrogens with zero attached hydrogens (tertiary/aromatic N) is 2. The Morgan fingerprint density at radius 2 is 2.12 bits per heavy atom. The van der Waals surface area contributed by atoms with E-state index in [0.29, 0.717) is 25.8 Å². The molecule has 0 aromatic carbocycles. The van der Waals surface area contributed by atoms with E-state index in [0.717, 1.165) is 5.69 Å². The SMILES string of the molecule is CCC1(CC)CC(=O)N(Cc2cnc[nH]2)C1=O. The lowest BCUT2D eigenvalue weighted by Gasteiger charge is -2.23. The standard InChI is InChI=1S/C12H17N3O2/c1-3-12(4-2)5-10(16)15(11(12)17)7-9-6-13-8-14-9/h6,8H,3-5,7H2,1-2H3,(H,13,14). The Labute approximate surface area is 100 Å². The highest BCUT2D eigenvalue weighted by atomic mass is 16.2. The van der Waals surface area contributed by atoms with Gasteiger partial charge in [-0.05, 0) is 12.8 Å². The zero-order chi connectivity index (χ0) is 12.5. The third kappa shape index (κ3) is 1.85. The molecule has 5 nitrogen and oxygen atoms in total. The van der Waals surface area contributed by atoms with Crippen molar-refractivity contribution in [3.8, 4) is 0 Å². The lowest BCUT2D eigenvalue weighted by Crippen LogP contribution is -2.34. The minimum atomic E-state index is -0.475. The lowest BCUT2D eigenvalue weighted by molar-refractivity contribution is -0.142. The van der Waals surface area contributed by atoms with Crippen LogP contribution in [0, 0.1) is 5.41 Å². The fourth-order valence-electron chi connectivity index (χ4n) is 2.36. The molecule has 1 fully saturated rings. The number of rotatable bonds is 4. The Morgan fingerprint density at radius 3 is 2.59 bits per heavy atom. The summed E-state index contributed by atoms with van der Waals surface area (Å²) in [5.41, 5.74) is 0.312. The number of likely N-dealkylation sites (tertiary alicyclic amines) is 1. The number of hydrogen-bond acceptors (Lipinski definition) is 3. The second-order valence-electron chi connectivity index (χ2n) is 4.53. The van der Waals surface area contributed by atoms with Gasteiger partial charge in [0.1, 0.15) is 0 Å². The van der Waals surface area contributed by atoms with Gasteiger partial charge in [-0.1, -0.05) is 13.8 Å². The molecule has 1 aliphatic rings. The average molecular weight is 235 g/mol. The molecule has 5 heteroatoms. The summed E-state index contributed by atoms with van der Waals surface area (Å²) in [5.74, 6) is -0.115. The van der Waals surface area contributed by atoms with Gasteiger partial charge < -0.3 is 4.98 Å². The second kappa shape index (κ2) is 4.31. The highest BCUT2D eigenvalue weighted by Crippen LogP contribution is 2.39. The van der Waals surface area contributed by atoms with Gasteiger partial charge in [0.15, 0.2) is 0 Å². The summed E-state index contributed by atoms with van der Waals surface area (Å²) in [4.78, 5) is 32.4. The van der Waals surface area contributed by atoms with Crippen molar-refractivity contribution in [2.24, 2.45) is 5.41 Å². The Balaban J connectivity index is 2.19. The van der Waals surface area contributed by atoms with Crippen LogP contribution in [0.5, 0.6) is 0 Å². The molecule has 0 spiro atoms. The minimum absolute atomic E-state index is 0.0397. The molecule has 2 rings (SSSR count). The zero-order valence-corrected chi connectivity index (χ0v) is 10.2. The van der Waals surface area contributed by atoms with E-state index >= 15 is 0 Å². The van der Waals surface area contributed by atoms with E-state index in [2.05, 4.69) is 9.97 Å². The number of imidazole rings is 1. The number of imide groups is 1. The van der Waals surface area contributed by atoms with Crippen LogP contribution in [-0.2, 0) is 16.1 Å². The summed E-state index contributed by atoms with van der Waals surface area (Å²) in [7, 11) is 0. The maximum atomic E-state index is 12.3. The predicted molar refractivity (Wildman–Crippen MR) is 61.8 cm³/mol. The summed E-state index contributed by atoms with van der Waals surface area (Å²) in [5, 5.41) is 0. The molecule has 2 amide bonds. The molecular formula is C12H17N3O2. The lowest BCUT2D eigenvalue weighted by atomic mass is 9.81. The van der Waals surface area contributed by atoms with Crippen LogP contribution in [0.4, 0.5) is 0 Å². The maximum absolute atomic E-state index is 12.3. The number of amides is 2. The third-order valence-corrected chi connectivity index (χ3v) is 3.73. The monoisotopic (exact) mass is 235 g/mol. The average Bonchev–Trinajstić information content (AvgIpc) is 2.91. The normalized spacial score (nSPS) is 19.1. The van der Waals surface area contributed by atoms with Crippen LogP contribution >= 0.6 is 0 Å². The van der Waals surface area contributed by atoms with Crippen molar-refractivity contribution in [1.29, 1.82) is 0 Å². The van der Waals surface area contributed by atoms with Gasteiger partial charge >= 0.3 is 0 Å². The molecule has 1 N–H and O–H groups in total. The van der Waals surface area contributed by atoms with Crippen LogP contribution in [0.1, 0.15) is 38.8 Å². The van der Waals surface area contributed by atoms with Gasteiger partial charge in [0.2, 0.25) is 11.8 Å².